The number of hydrogen-bond donors (Lipinski definition) is 1. The van der Waals surface area contributed by atoms with Crippen molar-refractivity contribution in [2.24, 2.45) is 5.92 Å². The van der Waals surface area contributed by atoms with Gasteiger partial charge in [-0.3, -0.25) is 4.79 Å². The van der Waals surface area contributed by atoms with Crippen LogP contribution in [0.25, 0.3) is 0 Å². The number of carbonyl (C=O) groups is 1. The SMILES string of the molecule is Cc1cccc(S(=O)(=O)N2CC[C@H]3C(=O)NCCO[C@H]3C2)c1. The van der Waals surface area contributed by atoms with E-state index in [1.807, 2.05) is 13.0 Å². The van der Waals surface area contributed by atoms with Crippen molar-refractivity contribution in [1.82, 2.24) is 9.62 Å². The van der Waals surface area contributed by atoms with E-state index in [-0.39, 0.29) is 24.5 Å². The number of ether oxygens (including phenoxy) is 1. The van der Waals surface area contributed by atoms with Gasteiger partial charge in [-0.05, 0) is 31.0 Å². The van der Waals surface area contributed by atoms with Crippen molar-refractivity contribution in [3.8, 4) is 0 Å². The van der Waals surface area contributed by atoms with Gasteiger partial charge in [-0.15, -0.1) is 0 Å². The molecule has 1 amide bonds. The maximum atomic E-state index is 12.8. The number of rotatable bonds is 2. The van der Waals surface area contributed by atoms with Crippen LogP contribution in [-0.2, 0) is 19.6 Å². The molecule has 22 heavy (non-hydrogen) atoms. The molecule has 0 spiro atoms. The maximum Gasteiger partial charge on any atom is 0.243 e. The average molecular weight is 324 g/mol. The minimum Gasteiger partial charge on any atom is -0.374 e. The zero-order chi connectivity index (χ0) is 15.7. The molecule has 7 heteroatoms. The van der Waals surface area contributed by atoms with E-state index in [4.69, 9.17) is 4.74 Å². The Morgan fingerprint density at radius 3 is 2.95 bits per heavy atom. The van der Waals surface area contributed by atoms with E-state index in [1.165, 1.54) is 4.31 Å². The molecule has 0 aliphatic carbocycles. The van der Waals surface area contributed by atoms with E-state index in [0.29, 0.717) is 31.0 Å². The Hall–Kier alpha value is -1.44. The number of benzene rings is 1. The molecule has 0 aromatic heterocycles. The van der Waals surface area contributed by atoms with Gasteiger partial charge in [0.1, 0.15) is 0 Å². The second-order valence-corrected chi connectivity index (χ2v) is 7.71. The van der Waals surface area contributed by atoms with E-state index in [1.54, 1.807) is 18.2 Å². The predicted molar refractivity (Wildman–Crippen MR) is 80.8 cm³/mol. The van der Waals surface area contributed by atoms with Gasteiger partial charge in [-0.2, -0.15) is 4.31 Å². The van der Waals surface area contributed by atoms with Gasteiger partial charge in [0.15, 0.2) is 0 Å². The summed E-state index contributed by atoms with van der Waals surface area (Å²) in [6.07, 6.45) is 0.123. The third-order valence-corrected chi connectivity index (χ3v) is 6.08. The Labute approximate surface area is 130 Å². The molecule has 0 saturated carbocycles. The molecule has 1 aromatic carbocycles. The number of sulfonamides is 1. The first-order valence-electron chi connectivity index (χ1n) is 7.44. The summed E-state index contributed by atoms with van der Waals surface area (Å²) in [4.78, 5) is 12.3. The molecule has 0 bridgehead atoms. The molecule has 2 aliphatic rings. The molecule has 2 fully saturated rings. The van der Waals surface area contributed by atoms with E-state index in [0.717, 1.165) is 5.56 Å². The van der Waals surface area contributed by atoms with Crippen LogP contribution < -0.4 is 5.32 Å². The van der Waals surface area contributed by atoms with Gasteiger partial charge in [-0.1, -0.05) is 12.1 Å². The lowest BCUT2D eigenvalue weighted by molar-refractivity contribution is -0.129. The van der Waals surface area contributed by atoms with Crippen molar-refractivity contribution in [3.05, 3.63) is 29.8 Å². The van der Waals surface area contributed by atoms with Crippen molar-refractivity contribution >= 4 is 15.9 Å². The zero-order valence-corrected chi connectivity index (χ0v) is 13.3. The van der Waals surface area contributed by atoms with Gasteiger partial charge in [0.05, 0.1) is 23.5 Å². The topological polar surface area (TPSA) is 75.7 Å². The highest BCUT2D eigenvalue weighted by atomic mass is 32.2. The van der Waals surface area contributed by atoms with Crippen molar-refractivity contribution in [3.63, 3.8) is 0 Å². The van der Waals surface area contributed by atoms with E-state index >= 15 is 0 Å². The highest BCUT2D eigenvalue weighted by Gasteiger charge is 2.40. The third kappa shape index (κ3) is 2.88. The van der Waals surface area contributed by atoms with E-state index in [2.05, 4.69) is 5.32 Å². The van der Waals surface area contributed by atoms with Crippen molar-refractivity contribution < 1.29 is 17.9 Å². The fourth-order valence-electron chi connectivity index (χ4n) is 3.02. The molecule has 2 aliphatic heterocycles. The predicted octanol–water partition coefficient (Wildman–Crippen LogP) is 0.521. The number of carbonyl (C=O) groups excluding carboxylic acids is 1. The minimum absolute atomic E-state index is 0.0323. The van der Waals surface area contributed by atoms with Gasteiger partial charge in [-0.25, -0.2) is 8.42 Å². The number of fused-ring (bicyclic) bond motifs is 1. The first kappa shape index (κ1) is 15.5. The number of piperidine rings is 1. The Morgan fingerprint density at radius 1 is 1.36 bits per heavy atom. The van der Waals surface area contributed by atoms with Crippen molar-refractivity contribution in [2.45, 2.75) is 24.3 Å². The lowest BCUT2D eigenvalue weighted by Crippen LogP contribution is -2.50. The van der Waals surface area contributed by atoms with Gasteiger partial charge in [0, 0.05) is 19.6 Å². The Bertz CT molecular complexity index is 674. The second kappa shape index (κ2) is 5.98. The van der Waals surface area contributed by atoms with Crippen LogP contribution in [-0.4, -0.2) is 51.0 Å². The summed E-state index contributed by atoms with van der Waals surface area (Å²) >= 11 is 0. The normalized spacial score (nSPS) is 26.9. The molecular weight excluding hydrogens is 304 g/mol. The van der Waals surface area contributed by atoms with Crippen LogP contribution in [0.4, 0.5) is 0 Å². The standard InChI is InChI=1S/C15H20N2O4S/c1-11-3-2-4-12(9-11)22(19,20)17-7-5-13-14(10-17)21-8-6-16-15(13)18/h2-4,9,13-14H,5-8,10H2,1H3,(H,16,18)/t13-,14+/m1/s1. The Kier molecular flexibility index (Phi) is 4.20. The summed E-state index contributed by atoms with van der Waals surface area (Å²) in [7, 11) is -3.54. The van der Waals surface area contributed by atoms with Gasteiger partial charge in [0.25, 0.3) is 0 Å². The van der Waals surface area contributed by atoms with Gasteiger partial charge >= 0.3 is 0 Å². The fraction of sp³-hybridized carbons (Fsp3) is 0.533. The summed E-state index contributed by atoms with van der Waals surface area (Å²) in [6.45, 7) is 3.34. The van der Waals surface area contributed by atoms with Crippen LogP contribution in [0.15, 0.2) is 29.2 Å². The summed E-state index contributed by atoms with van der Waals surface area (Å²) in [6, 6.07) is 6.88. The minimum atomic E-state index is -3.54. The summed E-state index contributed by atoms with van der Waals surface area (Å²) in [5.41, 5.74) is 0.904. The quantitative estimate of drug-likeness (QED) is 0.860. The third-order valence-electron chi connectivity index (χ3n) is 4.22. The summed E-state index contributed by atoms with van der Waals surface area (Å²) < 4.78 is 32.6. The van der Waals surface area contributed by atoms with Crippen LogP contribution in [0.5, 0.6) is 0 Å². The number of nitrogens with one attached hydrogen (secondary N) is 1. The fourth-order valence-corrected chi connectivity index (χ4v) is 4.59. The number of nitrogens with zero attached hydrogens (tertiary/aromatic N) is 1. The van der Waals surface area contributed by atoms with Crippen LogP contribution >= 0.6 is 0 Å². The molecule has 3 rings (SSSR count). The molecule has 2 saturated heterocycles. The van der Waals surface area contributed by atoms with Gasteiger partial charge in [0.2, 0.25) is 15.9 Å². The lowest BCUT2D eigenvalue weighted by Gasteiger charge is -2.35. The maximum absolute atomic E-state index is 12.8. The highest BCUT2D eigenvalue weighted by Crippen LogP contribution is 2.27. The summed E-state index contributed by atoms with van der Waals surface area (Å²) in [5.74, 6) is -0.290. The van der Waals surface area contributed by atoms with E-state index in [9.17, 15) is 13.2 Å². The molecule has 2 heterocycles. The van der Waals surface area contributed by atoms with Crippen LogP contribution in [0.1, 0.15) is 12.0 Å². The molecule has 0 radical (unpaired) electrons. The molecule has 1 aromatic rings. The van der Waals surface area contributed by atoms with E-state index < -0.39 is 10.0 Å². The smallest absolute Gasteiger partial charge is 0.243 e. The molecule has 2 atom stereocenters. The zero-order valence-electron chi connectivity index (χ0n) is 12.5. The molecule has 0 unspecified atom stereocenters. The number of hydrogen-bond acceptors (Lipinski definition) is 4. The summed E-state index contributed by atoms with van der Waals surface area (Å²) in [5, 5.41) is 2.80. The first-order chi connectivity index (χ1) is 10.5. The molecular formula is C15H20N2O4S. The first-order valence-corrected chi connectivity index (χ1v) is 8.88. The lowest BCUT2D eigenvalue weighted by atomic mass is 9.94. The number of aryl methyl sites for hydroxylation is 1. The highest BCUT2D eigenvalue weighted by molar-refractivity contribution is 7.89. The monoisotopic (exact) mass is 324 g/mol. The van der Waals surface area contributed by atoms with Crippen molar-refractivity contribution in [1.29, 1.82) is 0 Å². The van der Waals surface area contributed by atoms with Crippen molar-refractivity contribution in [2.75, 3.05) is 26.2 Å². The van der Waals surface area contributed by atoms with Crippen LogP contribution in [0.2, 0.25) is 0 Å². The van der Waals surface area contributed by atoms with Gasteiger partial charge < -0.3 is 10.1 Å². The Balaban J connectivity index is 1.83. The number of amides is 1. The average Bonchev–Trinajstić information content (AvgIpc) is 2.69. The largest absolute Gasteiger partial charge is 0.374 e. The molecule has 1 N–H and O–H groups in total. The molecule has 120 valence electrons. The second-order valence-electron chi connectivity index (χ2n) is 5.77. The van der Waals surface area contributed by atoms with Crippen LogP contribution in [0, 0.1) is 12.8 Å². The van der Waals surface area contributed by atoms with Crippen LogP contribution in [0.3, 0.4) is 0 Å². The molecule has 6 nitrogen and oxygen atoms in total. The Morgan fingerprint density at radius 2 is 2.18 bits per heavy atom.